The van der Waals surface area contributed by atoms with Crippen molar-refractivity contribution in [1.29, 1.82) is 0 Å². The standard InChI is InChI=1S/C22H33NO2/c1-2-3-4-5-18-6-8-19(9-7-18)20-10-12-21(13-11-20)22(24)23-14-16-25-17-15-23/h10-13,18-19H,2-9,14-17H2,1H3. The summed E-state index contributed by atoms with van der Waals surface area (Å²) >= 11 is 0. The number of morpholine rings is 1. The molecule has 1 aliphatic carbocycles. The lowest BCUT2D eigenvalue weighted by molar-refractivity contribution is 0.0303. The molecule has 1 saturated carbocycles. The van der Waals surface area contributed by atoms with Crippen LogP contribution in [-0.4, -0.2) is 37.1 Å². The molecule has 1 saturated heterocycles. The average Bonchev–Trinajstić information content (AvgIpc) is 2.69. The van der Waals surface area contributed by atoms with Gasteiger partial charge in [0.25, 0.3) is 5.91 Å². The molecule has 0 aromatic heterocycles. The van der Waals surface area contributed by atoms with Crippen LogP contribution in [-0.2, 0) is 4.74 Å². The van der Waals surface area contributed by atoms with Crippen molar-refractivity contribution in [1.82, 2.24) is 4.90 Å². The minimum absolute atomic E-state index is 0.148. The largest absolute Gasteiger partial charge is 0.378 e. The Balaban J connectivity index is 1.50. The third-order valence-electron chi connectivity index (χ3n) is 5.99. The van der Waals surface area contributed by atoms with Gasteiger partial charge in [-0.3, -0.25) is 4.79 Å². The number of amides is 1. The van der Waals surface area contributed by atoms with E-state index in [0.717, 1.165) is 11.5 Å². The summed E-state index contributed by atoms with van der Waals surface area (Å²) in [6.07, 6.45) is 10.9. The second kappa shape index (κ2) is 9.38. The van der Waals surface area contributed by atoms with Crippen LogP contribution in [0.1, 0.15) is 80.1 Å². The first-order valence-corrected chi connectivity index (χ1v) is 10.2. The number of nitrogens with zero attached hydrogens (tertiary/aromatic N) is 1. The van der Waals surface area contributed by atoms with E-state index in [9.17, 15) is 4.79 Å². The van der Waals surface area contributed by atoms with Gasteiger partial charge in [0.05, 0.1) is 13.2 Å². The number of unbranched alkanes of at least 4 members (excludes halogenated alkanes) is 2. The fraction of sp³-hybridized carbons (Fsp3) is 0.682. The molecule has 3 rings (SSSR count). The van der Waals surface area contributed by atoms with E-state index < -0.39 is 0 Å². The van der Waals surface area contributed by atoms with Crippen LogP contribution in [0.15, 0.2) is 24.3 Å². The van der Waals surface area contributed by atoms with Gasteiger partial charge in [0.1, 0.15) is 0 Å². The molecule has 3 nitrogen and oxygen atoms in total. The highest BCUT2D eigenvalue weighted by atomic mass is 16.5. The highest BCUT2D eigenvalue weighted by Gasteiger charge is 2.23. The Kier molecular flexibility index (Phi) is 6.92. The zero-order valence-corrected chi connectivity index (χ0v) is 15.7. The number of hydrogen-bond acceptors (Lipinski definition) is 2. The zero-order valence-electron chi connectivity index (χ0n) is 15.7. The van der Waals surface area contributed by atoms with Crippen LogP contribution in [0.25, 0.3) is 0 Å². The number of carbonyl (C=O) groups excluding carboxylic acids is 1. The third-order valence-corrected chi connectivity index (χ3v) is 5.99. The molecule has 0 unspecified atom stereocenters. The molecule has 0 spiro atoms. The molecule has 2 aliphatic rings. The summed E-state index contributed by atoms with van der Waals surface area (Å²) in [5, 5.41) is 0. The number of rotatable bonds is 6. The third kappa shape index (κ3) is 5.07. The Hall–Kier alpha value is -1.35. The van der Waals surface area contributed by atoms with E-state index in [-0.39, 0.29) is 5.91 Å². The molecule has 138 valence electrons. The van der Waals surface area contributed by atoms with Gasteiger partial charge in [-0.25, -0.2) is 0 Å². The van der Waals surface area contributed by atoms with E-state index in [0.29, 0.717) is 32.2 Å². The van der Waals surface area contributed by atoms with Crippen molar-refractivity contribution in [2.24, 2.45) is 5.92 Å². The highest BCUT2D eigenvalue weighted by molar-refractivity contribution is 5.94. The van der Waals surface area contributed by atoms with Gasteiger partial charge < -0.3 is 9.64 Å². The van der Waals surface area contributed by atoms with E-state index in [4.69, 9.17) is 4.74 Å². The number of hydrogen-bond donors (Lipinski definition) is 0. The smallest absolute Gasteiger partial charge is 0.254 e. The SMILES string of the molecule is CCCCCC1CCC(c2ccc(C(=O)N3CCOCC3)cc2)CC1. The number of benzene rings is 1. The summed E-state index contributed by atoms with van der Waals surface area (Å²) in [7, 11) is 0. The molecule has 3 heteroatoms. The van der Waals surface area contributed by atoms with Gasteiger partial charge in [0.15, 0.2) is 0 Å². The van der Waals surface area contributed by atoms with Crippen LogP contribution in [0.4, 0.5) is 0 Å². The maximum atomic E-state index is 12.5. The molecule has 1 aromatic rings. The van der Waals surface area contributed by atoms with E-state index in [1.165, 1.54) is 56.9 Å². The Labute approximate surface area is 152 Å². The van der Waals surface area contributed by atoms with E-state index in [2.05, 4.69) is 19.1 Å². The van der Waals surface area contributed by atoms with Crippen molar-refractivity contribution in [2.45, 2.75) is 64.2 Å². The van der Waals surface area contributed by atoms with Gasteiger partial charge in [-0.2, -0.15) is 0 Å². The lowest BCUT2D eigenvalue weighted by Crippen LogP contribution is -2.40. The molecule has 1 aromatic carbocycles. The normalized spacial score (nSPS) is 24.3. The van der Waals surface area contributed by atoms with Gasteiger partial charge in [0.2, 0.25) is 0 Å². The van der Waals surface area contributed by atoms with Gasteiger partial charge in [-0.05, 0) is 55.2 Å². The highest BCUT2D eigenvalue weighted by Crippen LogP contribution is 2.37. The minimum Gasteiger partial charge on any atom is -0.378 e. The molecular weight excluding hydrogens is 310 g/mol. The molecule has 1 heterocycles. The van der Waals surface area contributed by atoms with Gasteiger partial charge in [0, 0.05) is 18.7 Å². The van der Waals surface area contributed by atoms with E-state index in [1.807, 2.05) is 17.0 Å². The quantitative estimate of drug-likeness (QED) is 0.679. The van der Waals surface area contributed by atoms with Crippen LogP contribution in [0.3, 0.4) is 0 Å². The lowest BCUT2D eigenvalue weighted by atomic mass is 9.77. The van der Waals surface area contributed by atoms with Gasteiger partial charge >= 0.3 is 0 Å². The van der Waals surface area contributed by atoms with Crippen LogP contribution in [0.5, 0.6) is 0 Å². The molecule has 25 heavy (non-hydrogen) atoms. The summed E-state index contributed by atoms with van der Waals surface area (Å²) in [5.74, 6) is 1.79. The second-order valence-corrected chi connectivity index (χ2v) is 7.74. The zero-order chi connectivity index (χ0) is 17.5. The Morgan fingerprint density at radius 2 is 1.72 bits per heavy atom. The summed E-state index contributed by atoms with van der Waals surface area (Å²) in [6.45, 7) is 5.02. The molecule has 0 radical (unpaired) electrons. The monoisotopic (exact) mass is 343 g/mol. The number of carbonyl (C=O) groups is 1. The second-order valence-electron chi connectivity index (χ2n) is 7.74. The van der Waals surface area contributed by atoms with Crippen LogP contribution in [0, 0.1) is 5.92 Å². The predicted octanol–water partition coefficient (Wildman–Crippen LogP) is 5.01. The Bertz CT molecular complexity index is 525. The first-order valence-electron chi connectivity index (χ1n) is 10.2. The molecule has 0 N–H and O–H groups in total. The maximum absolute atomic E-state index is 12.5. The Morgan fingerprint density at radius 1 is 1.04 bits per heavy atom. The lowest BCUT2D eigenvalue weighted by Gasteiger charge is -2.29. The molecule has 1 amide bonds. The Morgan fingerprint density at radius 3 is 2.36 bits per heavy atom. The van der Waals surface area contributed by atoms with Crippen LogP contribution >= 0.6 is 0 Å². The fourth-order valence-corrected chi connectivity index (χ4v) is 4.31. The van der Waals surface area contributed by atoms with Crippen molar-refractivity contribution in [3.05, 3.63) is 35.4 Å². The molecule has 1 aliphatic heterocycles. The molecular formula is C22H33NO2. The van der Waals surface area contributed by atoms with Crippen LogP contribution in [0.2, 0.25) is 0 Å². The number of ether oxygens (including phenoxy) is 1. The molecule has 0 bridgehead atoms. The van der Waals surface area contributed by atoms with Crippen molar-refractivity contribution >= 4 is 5.91 Å². The summed E-state index contributed by atoms with van der Waals surface area (Å²) < 4.78 is 5.33. The minimum atomic E-state index is 0.148. The topological polar surface area (TPSA) is 29.5 Å². The predicted molar refractivity (Wildman–Crippen MR) is 102 cm³/mol. The molecule has 2 fully saturated rings. The summed E-state index contributed by atoms with van der Waals surface area (Å²) in [4.78, 5) is 14.4. The van der Waals surface area contributed by atoms with Crippen molar-refractivity contribution in [3.8, 4) is 0 Å². The van der Waals surface area contributed by atoms with Crippen molar-refractivity contribution in [3.63, 3.8) is 0 Å². The average molecular weight is 344 g/mol. The van der Waals surface area contributed by atoms with Crippen LogP contribution < -0.4 is 0 Å². The molecule has 0 atom stereocenters. The first kappa shape index (κ1) is 18.4. The van der Waals surface area contributed by atoms with Gasteiger partial charge in [-0.1, -0.05) is 44.7 Å². The van der Waals surface area contributed by atoms with E-state index in [1.54, 1.807) is 0 Å². The van der Waals surface area contributed by atoms with Gasteiger partial charge in [-0.15, -0.1) is 0 Å². The first-order chi connectivity index (χ1) is 12.3. The van der Waals surface area contributed by atoms with Crippen molar-refractivity contribution < 1.29 is 9.53 Å². The van der Waals surface area contributed by atoms with E-state index >= 15 is 0 Å². The van der Waals surface area contributed by atoms with Crippen molar-refractivity contribution in [2.75, 3.05) is 26.3 Å². The summed E-state index contributed by atoms with van der Waals surface area (Å²) in [5.41, 5.74) is 2.24. The maximum Gasteiger partial charge on any atom is 0.254 e. The fourth-order valence-electron chi connectivity index (χ4n) is 4.31. The summed E-state index contributed by atoms with van der Waals surface area (Å²) in [6, 6.07) is 8.44.